The number of carbonyl (C=O) groups excluding carboxylic acids is 1. The van der Waals surface area contributed by atoms with Gasteiger partial charge in [0.25, 0.3) is 0 Å². The van der Waals surface area contributed by atoms with Crippen LogP contribution in [-0.4, -0.2) is 25.7 Å². The van der Waals surface area contributed by atoms with Gasteiger partial charge in [-0.25, -0.2) is 8.42 Å². The molecule has 1 aromatic carbocycles. The van der Waals surface area contributed by atoms with Gasteiger partial charge in [-0.05, 0) is 12.1 Å². The number of Topliss-reactive ketones (excluding diaryl/α,β-unsaturated/α-hetero) is 1. The summed E-state index contributed by atoms with van der Waals surface area (Å²) in [5.74, 6) is -0.891. The topological polar surface area (TPSA) is 77.2 Å². The summed E-state index contributed by atoms with van der Waals surface area (Å²) in [4.78, 5) is 11.5. The summed E-state index contributed by atoms with van der Waals surface area (Å²) < 4.78 is 22.4. The Morgan fingerprint density at radius 1 is 1.40 bits per heavy atom. The van der Waals surface area contributed by atoms with Crippen LogP contribution in [0.5, 0.6) is 0 Å². The van der Waals surface area contributed by atoms with E-state index < -0.39 is 21.4 Å². The Bertz CT molecular complexity index is 465. The van der Waals surface area contributed by atoms with E-state index in [-0.39, 0.29) is 5.75 Å². The Labute approximate surface area is 89.0 Å². The molecule has 0 aromatic heterocycles. The quantitative estimate of drug-likeness (QED) is 0.612. The molecule has 5 heteroatoms. The molecule has 1 aromatic rings. The van der Waals surface area contributed by atoms with E-state index in [4.69, 9.17) is 5.73 Å². The minimum atomic E-state index is -3.27. The number of nitrogen functional groups attached to an aromatic ring is 1. The fourth-order valence-corrected chi connectivity index (χ4v) is 1.87. The van der Waals surface area contributed by atoms with E-state index in [0.29, 0.717) is 11.3 Å². The lowest BCUT2D eigenvalue weighted by molar-refractivity contribution is 0.102. The highest BCUT2D eigenvalue weighted by Gasteiger charge is 2.15. The number of ketones is 1. The first-order valence-corrected chi connectivity index (χ1v) is 6.36. The molecule has 2 N–H and O–H groups in total. The molecule has 4 nitrogen and oxygen atoms in total. The standard InChI is InChI=1S/C10H13NO3S/c1-2-15(13,14)7-10(12)8-4-3-5-9(11)6-8/h3-6H,2,7,11H2,1H3. The predicted octanol–water partition coefficient (Wildman–Crippen LogP) is 0.886. The number of sulfone groups is 1. The zero-order chi connectivity index (χ0) is 11.5. The number of anilines is 1. The lowest BCUT2D eigenvalue weighted by Crippen LogP contribution is -2.17. The molecule has 0 radical (unpaired) electrons. The molecule has 0 saturated carbocycles. The van der Waals surface area contributed by atoms with E-state index in [2.05, 4.69) is 0 Å². The minimum Gasteiger partial charge on any atom is -0.399 e. The average molecular weight is 227 g/mol. The van der Waals surface area contributed by atoms with Gasteiger partial charge in [0, 0.05) is 17.0 Å². The van der Waals surface area contributed by atoms with E-state index in [1.165, 1.54) is 13.0 Å². The number of hydrogen-bond acceptors (Lipinski definition) is 4. The highest BCUT2D eigenvalue weighted by atomic mass is 32.2. The first-order valence-electron chi connectivity index (χ1n) is 4.54. The van der Waals surface area contributed by atoms with Crippen molar-refractivity contribution in [3.8, 4) is 0 Å². The summed E-state index contributed by atoms with van der Waals surface area (Å²) in [6.07, 6.45) is 0. The molecular formula is C10H13NO3S. The Morgan fingerprint density at radius 3 is 2.60 bits per heavy atom. The van der Waals surface area contributed by atoms with E-state index in [1.54, 1.807) is 18.2 Å². The zero-order valence-electron chi connectivity index (χ0n) is 8.43. The number of carbonyl (C=O) groups is 1. The second-order valence-electron chi connectivity index (χ2n) is 3.23. The van der Waals surface area contributed by atoms with Crippen molar-refractivity contribution in [2.45, 2.75) is 6.92 Å². The maximum absolute atomic E-state index is 11.5. The van der Waals surface area contributed by atoms with Crippen LogP contribution in [0.1, 0.15) is 17.3 Å². The third-order valence-electron chi connectivity index (χ3n) is 2.00. The van der Waals surface area contributed by atoms with E-state index in [1.807, 2.05) is 0 Å². The maximum atomic E-state index is 11.5. The third kappa shape index (κ3) is 3.36. The SMILES string of the molecule is CCS(=O)(=O)CC(=O)c1cccc(N)c1. The predicted molar refractivity (Wildman–Crippen MR) is 59.5 cm³/mol. The molecule has 0 heterocycles. The summed E-state index contributed by atoms with van der Waals surface area (Å²) in [6.45, 7) is 1.52. The van der Waals surface area contributed by atoms with Gasteiger partial charge in [-0.15, -0.1) is 0 Å². The van der Waals surface area contributed by atoms with Crippen LogP contribution in [0.2, 0.25) is 0 Å². The third-order valence-corrected chi connectivity index (χ3v) is 3.58. The van der Waals surface area contributed by atoms with Crippen LogP contribution in [0, 0.1) is 0 Å². The summed E-state index contributed by atoms with van der Waals surface area (Å²) in [6, 6.07) is 6.31. The molecule has 0 amide bonds. The fraction of sp³-hybridized carbons (Fsp3) is 0.300. The van der Waals surface area contributed by atoms with Gasteiger partial charge in [0.2, 0.25) is 0 Å². The normalized spacial score (nSPS) is 11.3. The van der Waals surface area contributed by atoms with Crippen LogP contribution in [0.25, 0.3) is 0 Å². The fourth-order valence-electron chi connectivity index (χ4n) is 1.10. The molecule has 15 heavy (non-hydrogen) atoms. The molecule has 0 spiro atoms. The van der Waals surface area contributed by atoms with Gasteiger partial charge < -0.3 is 5.73 Å². The molecule has 0 fully saturated rings. The van der Waals surface area contributed by atoms with E-state index in [0.717, 1.165) is 0 Å². The van der Waals surface area contributed by atoms with E-state index >= 15 is 0 Å². The summed E-state index contributed by atoms with van der Waals surface area (Å²) in [5, 5.41) is 0. The van der Waals surface area contributed by atoms with Crippen LogP contribution in [0.3, 0.4) is 0 Å². The number of nitrogens with two attached hydrogens (primary N) is 1. The first kappa shape index (κ1) is 11.7. The highest BCUT2D eigenvalue weighted by molar-refractivity contribution is 7.92. The molecule has 82 valence electrons. The zero-order valence-corrected chi connectivity index (χ0v) is 9.25. The van der Waals surface area contributed by atoms with Crippen molar-refractivity contribution in [1.82, 2.24) is 0 Å². The molecule has 0 saturated heterocycles. The minimum absolute atomic E-state index is 0.0267. The summed E-state index contributed by atoms with van der Waals surface area (Å²) >= 11 is 0. The van der Waals surface area contributed by atoms with Crippen molar-refractivity contribution >= 4 is 21.3 Å². The number of benzene rings is 1. The van der Waals surface area contributed by atoms with Crippen LogP contribution < -0.4 is 5.73 Å². The molecule has 0 aliphatic heterocycles. The smallest absolute Gasteiger partial charge is 0.177 e. The highest BCUT2D eigenvalue weighted by Crippen LogP contribution is 2.08. The summed E-state index contributed by atoms with van der Waals surface area (Å²) in [5.41, 5.74) is 6.28. The van der Waals surface area contributed by atoms with Gasteiger partial charge in [0.1, 0.15) is 5.75 Å². The van der Waals surface area contributed by atoms with Gasteiger partial charge in [-0.1, -0.05) is 19.1 Å². The molecule has 0 atom stereocenters. The molecule has 0 unspecified atom stereocenters. The van der Waals surface area contributed by atoms with Crippen molar-refractivity contribution < 1.29 is 13.2 Å². The van der Waals surface area contributed by atoms with Gasteiger partial charge >= 0.3 is 0 Å². The van der Waals surface area contributed by atoms with Crippen LogP contribution >= 0.6 is 0 Å². The van der Waals surface area contributed by atoms with Crippen molar-refractivity contribution in [2.75, 3.05) is 17.2 Å². The van der Waals surface area contributed by atoms with Crippen molar-refractivity contribution in [3.05, 3.63) is 29.8 Å². The van der Waals surface area contributed by atoms with Crippen molar-refractivity contribution in [3.63, 3.8) is 0 Å². The lowest BCUT2D eigenvalue weighted by atomic mass is 10.1. The number of hydrogen-bond donors (Lipinski definition) is 1. The van der Waals surface area contributed by atoms with E-state index in [9.17, 15) is 13.2 Å². The monoisotopic (exact) mass is 227 g/mol. The Balaban J connectivity index is 2.87. The molecule has 0 bridgehead atoms. The van der Waals surface area contributed by atoms with Crippen LogP contribution in [0.4, 0.5) is 5.69 Å². The molecule has 1 rings (SSSR count). The lowest BCUT2D eigenvalue weighted by Gasteiger charge is -2.02. The second-order valence-corrected chi connectivity index (χ2v) is 5.58. The van der Waals surface area contributed by atoms with Gasteiger partial charge in [0.05, 0.1) is 0 Å². The van der Waals surface area contributed by atoms with Gasteiger partial charge in [-0.3, -0.25) is 4.79 Å². The van der Waals surface area contributed by atoms with Crippen molar-refractivity contribution in [1.29, 1.82) is 0 Å². The van der Waals surface area contributed by atoms with Crippen LogP contribution in [0.15, 0.2) is 24.3 Å². The van der Waals surface area contributed by atoms with Gasteiger partial charge in [-0.2, -0.15) is 0 Å². The molecular weight excluding hydrogens is 214 g/mol. The number of rotatable bonds is 4. The largest absolute Gasteiger partial charge is 0.399 e. The Hall–Kier alpha value is -1.36. The van der Waals surface area contributed by atoms with Crippen LogP contribution in [-0.2, 0) is 9.84 Å². The van der Waals surface area contributed by atoms with Gasteiger partial charge in [0.15, 0.2) is 15.6 Å². The maximum Gasteiger partial charge on any atom is 0.177 e. The second kappa shape index (κ2) is 4.44. The van der Waals surface area contributed by atoms with Crippen molar-refractivity contribution in [2.24, 2.45) is 0 Å². The average Bonchev–Trinajstić information content (AvgIpc) is 2.17. The Kier molecular flexibility index (Phi) is 3.47. The molecule has 0 aliphatic rings. The Morgan fingerprint density at radius 2 is 2.07 bits per heavy atom. The molecule has 0 aliphatic carbocycles. The first-order chi connectivity index (χ1) is 6.94. The summed E-state index contributed by atoms with van der Waals surface area (Å²) in [7, 11) is -3.27.